The second-order valence-corrected chi connectivity index (χ2v) is 5.92. The summed E-state index contributed by atoms with van der Waals surface area (Å²) >= 11 is 3.26. The molecule has 6 heteroatoms. The van der Waals surface area contributed by atoms with Crippen molar-refractivity contribution in [3.05, 3.63) is 28.7 Å². The first-order chi connectivity index (χ1) is 7.99. The maximum Gasteiger partial charge on any atom is 0.283 e. The average Bonchev–Trinajstić information content (AvgIpc) is 2.31. The van der Waals surface area contributed by atoms with Gasteiger partial charge in [0.15, 0.2) is 0 Å². The van der Waals surface area contributed by atoms with Gasteiger partial charge in [0.25, 0.3) is 10.0 Å². The van der Waals surface area contributed by atoms with E-state index in [1.165, 1.54) is 18.5 Å². The molecule has 4 nitrogen and oxygen atoms in total. The van der Waals surface area contributed by atoms with Gasteiger partial charge in [0.2, 0.25) is 0 Å². The molecule has 0 bridgehead atoms. The van der Waals surface area contributed by atoms with E-state index in [0.29, 0.717) is 0 Å². The molecule has 0 N–H and O–H groups in total. The summed E-state index contributed by atoms with van der Waals surface area (Å²) in [5, 5.41) is 0. The highest BCUT2D eigenvalue weighted by molar-refractivity contribution is 9.10. The fourth-order valence-corrected chi connectivity index (χ4v) is 2.31. The van der Waals surface area contributed by atoms with Gasteiger partial charge in [-0.05, 0) is 38.1 Å². The maximum absolute atomic E-state index is 11.8. The van der Waals surface area contributed by atoms with Crippen LogP contribution in [0.1, 0.15) is 13.8 Å². The van der Waals surface area contributed by atoms with Crippen LogP contribution in [0.25, 0.3) is 0 Å². The molecule has 0 unspecified atom stereocenters. The van der Waals surface area contributed by atoms with E-state index in [1.54, 1.807) is 12.1 Å². The van der Waals surface area contributed by atoms with E-state index in [4.69, 9.17) is 0 Å². The summed E-state index contributed by atoms with van der Waals surface area (Å²) < 4.78 is 28.2. The summed E-state index contributed by atoms with van der Waals surface area (Å²) in [4.78, 5) is 2.01. The molecule has 1 aromatic carbocycles. The standard InChI is InChI=1S/C11H15BrN2O2S/c1-3-14(4-2)9-13-17(15,16)11-7-5-10(12)6-8-11/h5-9H,3-4H2,1-2H3/b13-9+. The van der Waals surface area contributed by atoms with Crippen LogP contribution in [0, 0.1) is 0 Å². The summed E-state index contributed by atoms with van der Waals surface area (Å²) in [7, 11) is -3.59. The highest BCUT2D eigenvalue weighted by Gasteiger charge is 2.11. The molecule has 0 fully saturated rings. The lowest BCUT2D eigenvalue weighted by molar-refractivity contribution is 0.480. The quantitative estimate of drug-likeness (QED) is 0.619. The van der Waals surface area contributed by atoms with Crippen LogP contribution in [0.3, 0.4) is 0 Å². The number of sulfonamides is 1. The van der Waals surface area contributed by atoms with Gasteiger partial charge in [0.1, 0.15) is 6.34 Å². The van der Waals surface area contributed by atoms with Gasteiger partial charge in [-0.3, -0.25) is 0 Å². The van der Waals surface area contributed by atoms with E-state index < -0.39 is 10.0 Å². The van der Waals surface area contributed by atoms with E-state index in [-0.39, 0.29) is 4.90 Å². The van der Waals surface area contributed by atoms with Gasteiger partial charge in [0.05, 0.1) is 4.90 Å². The first-order valence-electron chi connectivity index (χ1n) is 5.29. The molecule has 17 heavy (non-hydrogen) atoms. The highest BCUT2D eigenvalue weighted by atomic mass is 79.9. The van der Waals surface area contributed by atoms with E-state index in [0.717, 1.165) is 17.6 Å². The second-order valence-electron chi connectivity index (χ2n) is 3.37. The van der Waals surface area contributed by atoms with Gasteiger partial charge in [-0.2, -0.15) is 8.42 Å². The van der Waals surface area contributed by atoms with E-state index in [1.807, 2.05) is 18.7 Å². The van der Waals surface area contributed by atoms with Crippen molar-refractivity contribution in [2.75, 3.05) is 13.1 Å². The SMILES string of the molecule is CCN(/C=N/S(=O)(=O)c1ccc(Br)cc1)CC. The lowest BCUT2D eigenvalue weighted by Crippen LogP contribution is -2.21. The molecule has 0 aromatic heterocycles. The van der Waals surface area contributed by atoms with Gasteiger partial charge >= 0.3 is 0 Å². The third kappa shape index (κ3) is 4.12. The van der Waals surface area contributed by atoms with Crippen LogP contribution < -0.4 is 0 Å². The molecule has 0 saturated heterocycles. The third-order valence-corrected chi connectivity index (χ3v) is 4.04. The van der Waals surface area contributed by atoms with Crippen molar-refractivity contribution in [1.82, 2.24) is 4.90 Å². The van der Waals surface area contributed by atoms with Crippen LogP contribution in [0.2, 0.25) is 0 Å². The zero-order valence-electron chi connectivity index (χ0n) is 9.80. The molecular formula is C11H15BrN2O2S. The second kappa shape index (κ2) is 6.16. The largest absolute Gasteiger partial charge is 0.362 e. The Kier molecular flexibility index (Phi) is 5.14. The van der Waals surface area contributed by atoms with Gasteiger partial charge in [-0.15, -0.1) is 4.40 Å². The lowest BCUT2D eigenvalue weighted by atomic mass is 10.4. The molecule has 1 rings (SSSR count). The monoisotopic (exact) mass is 318 g/mol. The summed E-state index contributed by atoms with van der Waals surface area (Å²) in [6, 6.07) is 6.41. The van der Waals surface area contributed by atoms with E-state index in [9.17, 15) is 8.42 Å². The zero-order chi connectivity index (χ0) is 12.9. The first-order valence-corrected chi connectivity index (χ1v) is 7.53. The van der Waals surface area contributed by atoms with Crippen LogP contribution in [-0.2, 0) is 10.0 Å². The predicted molar refractivity (Wildman–Crippen MR) is 72.7 cm³/mol. The minimum atomic E-state index is -3.59. The Morgan fingerprint density at radius 2 is 1.76 bits per heavy atom. The van der Waals surface area contributed by atoms with Gasteiger partial charge in [-0.25, -0.2) is 0 Å². The van der Waals surface area contributed by atoms with Gasteiger partial charge in [0, 0.05) is 17.6 Å². The number of hydrogen-bond acceptors (Lipinski definition) is 2. The Hall–Kier alpha value is -0.880. The first kappa shape index (κ1) is 14.2. The molecule has 0 aliphatic heterocycles. The molecule has 0 radical (unpaired) electrons. The smallest absolute Gasteiger partial charge is 0.283 e. The molecule has 94 valence electrons. The molecule has 0 amide bonds. The highest BCUT2D eigenvalue weighted by Crippen LogP contribution is 2.16. The number of halogens is 1. The predicted octanol–water partition coefficient (Wildman–Crippen LogP) is 2.51. The van der Waals surface area contributed by atoms with Crippen molar-refractivity contribution in [1.29, 1.82) is 0 Å². The number of nitrogens with zero attached hydrogens (tertiary/aromatic N) is 2. The third-order valence-electron chi connectivity index (χ3n) is 2.27. The minimum absolute atomic E-state index is 0.198. The molecule has 0 atom stereocenters. The summed E-state index contributed by atoms with van der Waals surface area (Å²) in [6.45, 7) is 5.36. The Morgan fingerprint density at radius 1 is 1.24 bits per heavy atom. The summed E-state index contributed by atoms with van der Waals surface area (Å²) in [6.07, 6.45) is 1.37. The summed E-state index contributed by atoms with van der Waals surface area (Å²) in [5.74, 6) is 0. The number of hydrogen-bond donors (Lipinski definition) is 0. The topological polar surface area (TPSA) is 49.7 Å². The van der Waals surface area contributed by atoms with Crippen molar-refractivity contribution < 1.29 is 8.42 Å². The molecule has 0 heterocycles. The fraction of sp³-hybridized carbons (Fsp3) is 0.364. The molecule has 1 aromatic rings. The Labute approximate surface area is 111 Å². The zero-order valence-corrected chi connectivity index (χ0v) is 12.2. The molecule has 0 aliphatic carbocycles. The lowest BCUT2D eigenvalue weighted by Gasteiger charge is -2.13. The van der Waals surface area contributed by atoms with Crippen molar-refractivity contribution in [3.63, 3.8) is 0 Å². The normalized spacial score (nSPS) is 11.9. The van der Waals surface area contributed by atoms with Gasteiger partial charge in [-0.1, -0.05) is 15.9 Å². The average molecular weight is 319 g/mol. The summed E-state index contributed by atoms with van der Waals surface area (Å²) in [5.41, 5.74) is 0. The van der Waals surface area contributed by atoms with Crippen LogP contribution in [-0.4, -0.2) is 32.7 Å². The maximum atomic E-state index is 11.8. The molecule has 0 aliphatic rings. The van der Waals surface area contributed by atoms with Gasteiger partial charge < -0.3 is 4.90 Å². The van der Waals surface area contributed by atoms with Crippen molar-refractivity contribution in [2.45, 2.75) is 18.7 Å². The Bertz CT molecular complexity index is 479. The van der Waals surface area contributed by atoms with Crippen molar-refractivity contribution >= 4 is 32.3 Å². The fourth-order valence-electron chi connectivity index (χ4n) is 1.18. The number of rotatable bonds is 5. The van der Waals surface area contributed by atoms with Crippen LogP contribution >= 0.6 is 15.9 Å². The Morgan fingerprint density at radius 3 is 2.24 bits per heavy atom. The van der Waals surface area contributed by atoms with Crippen LogP contribution in [0.5, 0.6) is 0 Å². The van der Waals surface area contributed by atoms with Crippen LogP contribution in [0.4, 0.5) is 0 Å². The Balaban J connectivity index is 2.92. The van der Waals surface area contributed by atoms with E-state index in [2.05, 4.69) is 20.3 Å². The van der Waals surface area contributed by atoms with Crippen molar-refractivity contribution in [3.8, 4) is 0 Å². The minimum Gasteiger partial charge on any atom is -0.362 e. The van der Waals surface area contributed by atoms with Crippen molar-refractivity contribution in [2.24, 2.45) is 4.40 Å². The molecule has 0 spiro atoms. The molecule has 0 saturated carbocycles. The molecular weight excluding hydrogens is 304 g/mol. The number of benzene rings is 1. The van der Waals surface area contributed by atoms with Crippen LogP contribution in [0.15, 0.2) is 38.0 Å². The van der Waals surface area contributed by atoms with E-state index >= 15 is 0 Å².